The van der Waals surface area contributed by atoms with Gasteiger partial charge in [0.2, 0.25) is 5.89 Å². The monoisotopic (exact) mass is 481 g/mol. The zero-order valence-electron chi connectivity index (χ0n) is 20.8. The average Bonchev–Trinajstić information content (AvgIpc) is 3.73. The van der Waals surface area contributed by atoms with Crippen LogP contribution in [0.15, 0.2) is 34.9 Å². The number of ether oxygens (including phenoxy) is 1. The number of rotatable bonds is 7. The Morgan fingerprint density at radius 1 is 1.14 bits per heavy atom. The Bertz CT molecular complexity index is 1060. The van der Waals surface area contributed by atoms with Gasteiger partial charge in [-0.25, -0.2) is 4.79 Å². The SMILES string of the molecule is CC(C)(C)OC(=O)N(CC1(c2noc(C3CCC(C(=O)O)CC3)n2)CC1)[C@H]1CC1c1ccccc1. The number of benzene rings is 1. The molecule has 0 bridgehead atoms. The number of aromatic nitrogens is 2. The van der Waals surface area contributed by atoms with E-state index in [-0.39, 0.29) is 29.4 Å². The number of carbonyl (C=O) groups is 2. The lowest BCUT2D eigenvalue weighted by Gasteiger charge is -2.30. The molecule has 1 heterocycles. The van der Waals surface area contributed by atoms with Crippen molar-refractivity contribution in [2.24, 2.45) is 5.92 Å². The molecule has 1 N–H and O–H groups in total. The maximum Gasteiger partial charge on any atom is 0.410 e. The largest absolute Gasteiger partial charge is 0.481 e. The Kier molecular flexibility index (Phi) is 6.09. The molecule has 2 aromatic rings. The number of carbonyl (C=O) groups excluding carboxylic acids is 1. The lowest BCUT2D eigenvalue weighted by molar-refractivity contribution is -0.142. The van der Waals surface area contributed by atoms with Crippen LogP contribution in [0.2, 0.25) is 0 Å². The summed E-state index contributed by atoms with van der Waals surface area (Å²) >= 11 is 0. The van der Waals surface area contributed by atoms with Crippen LogP contribution in [0.25, 0.3) is 0 Å². The number of hydrogen-bond acceptors (Lipinski definition) is 6. The smallest absolute Gasteiger partial charge is 0.410 e. The number of hydrogen-bond donors (Lipinski definition) is 1. The molecule has 1 unspecified atom stereocenters. The van der Waals surface area contributed by atoms with Gasteiger partial charge in [-0.15, -0.1) is 0 Å². The highest BCUT2D eigenvalue weighted by molar-refractivity contribution is 5.70. The van der Waals surface area contributed by atoms with E-state index in [1.165, 1.54) is 5.56 Å². The van der Waals surface area contributed by atoms with Crippen molar-refractivity contribution in [2.75, 3.05) is 6.54 Å². The van der Waals surface area contributed by atoms with Crippen LogP contribution in [0.4, 0.5) is 4.79 Å². The van der Waals surface area contributed by atoms with Gasteiger partial charge in [-0.05, 0) is 71.3 Å². The second-order valence-corrected chi connectivity index (χ2v) is 11.6. The molecule has 1 aromatic heterocycles. The van der Waals surface area contributed by atoms with Crippen molar-refractivity contribution in [3.8, 4) is 0 Å². The average molecular weight is 482 g/mol. The molecule has 2 atom stereocenters. The third-order valence-electron chi connectivity index (χ3n) is 7.68. The standard InChI is InChI=1S/C27H35N3O5/c1-26(2,3)34-25(33)30(21-15-20(21)17-7-5-4-6-8-17)16-27(13-14-27)24-28-22(35-29-24)18-9-11-19(12-10-18)23(31)32/h4-8,18-21H,9-16H2,1-3H3,(H,31,32)/t18?,19?,20?,21-/m0/s1. The highest BCUT2D eigenvalue weighted by Gasteiger charge is 2.55. The van der Waals surface area contributed by atoms with Crippen molar-refractivity contribution < 1.29 is 24.0 Å². The molecule has 5 rings (SSSR count). The van der Waals surface area contributed by atoms with Gasteiger partial charge >= 0.3 is 12.1 Å². The number of carboxylic acid groups (broad SMARTS) is 1. The van der Waals surface area contributed by atoms with Crippen molar-refractivity contribution in [3.63, 3.8) is 0 Å². The maximum atomic E-state index is 13.3. The Morgan fingerprint density at radius 3 is 2.43 bits per heavy atom. The highest BCUT2D eigenvalue weighted by atomic mass is 16.6. The maximum absolute atomic E-state index is 13.3. The fourth-order valence-corrected chi connectivity index (χ4v) is 5.36. The van der Waals surface area contributed by atoms with Crippen LogP contribution in [-0.2, 0) is 14.9 Å². The van der Waals surface area contributed by atoms with Gasteiger partial charge in [0.1, 0.15) is 5.60 Å². The van der Waals surface area contributed by atoms with Crippen LogP contribution < -0.4 is 0 Å². The molecule has 1 aromatic carbocycles. The van der Waals surface area contributed by atoms with Crippen LogP contribution in [-0.4, -0.2) is 50.4 Å². The molecule has 1 amide bonds. The van der Waals surface area contributed by atoms with Crippen LogP contribution in [0, 0.1) is 5.92 Å². The molecule has 0 spiro atoms. The van der Waals surface area contributed by atoms with Crippen LogP contribution in [0.3, 0.4) is 0 Å². The summed E-state index contributed by atoms with van der Waals surface area (Å²) in [6, 6.07) is 10.4. The third-order valence-corrected chi connectivity index (χ3v) is 7.68. The van der Waals surface area contributed by atoms with Crippen LogP contribution in [0.5, 0.6) is 0 Å². The van der Waals surface area contributed by atoms with E-state index in [2.05, 4.69) is 17.3 Å². The molecule has 3 aliphatic carbocycles. The van der Waals surface area contributed by atoms with E-state index in [0.717, 1.165) is 32.1 Å². The van der Waals surface area contributed by atoms with Gasteiger partial charge in [-0.3, -0.25) is 4.79 Å². The first-order valence-electron chi connectivity index (χ1n) is 12.8. The third kappa shape index (κ3) is 5.21. The van der Waals surface area contributed by atoms with Crippen molar-refractivity contribution in [2.45, 2.75) is 94.6 Å². The molecule has 0 radical (unpaired) electrons. The molecule has 188 valence electrons. The first kappa shape index (κ1) is 23.8. The van der Waals surface area contributed by atoms with Gasteiger partial charge in [0, 0.05) is 24.4 Å². The van der Waals surface area contributed by atoms with Gasteiger partial charge in [0.05, 0.1) is 11.3 Å². The predicted molar refractivity (Wildman–Crippen MR) is 128 cm³/mol. The lowest BCUT2D eigenvalue weighted by Crippen LogP contribution is -2.43. The zero-order chi connectivity index (χ0) is 24.8. The molecular formula is C27H35N3O5. The van der Waals surface area contributed by atoms with Crippen molar-refractivity contribution in [1.29, 1.82) is 0 Å². The van der Waals surface area contributed by atoms with Gasteiger partial charge in [0.15, 0.2) is 5.82 Å². The zero-order valence-corrected chi connectivity index (χ0v) is 20.8. The Balaban J connectivity index is 1.31. The summed E-state index contributed by atoms with van der Waals surface area (Å²) < 4.78 is 11.5. The van der Waals surface area contributed by atoms with E-state index in [1.807, 2.05) is 43.9 Å². The normalized spacial score (nSPS) is 27.2. The fraction of sp³-hybridized carbons (Fsp3) is 0.630. The van der Waals surface area contributed by atoms with E-state index < -0.39 is 11.6 Å². The van der Waals surface area contributed by atoms with Gasteiger partial charge in [-0.1, -0.05) is 35.5 Å². The molecule has 8 heteroatoms. The summed E-state index contributed by atoms with van der Waals surface area (Å²) in [5.41, 5.74) is 0.368. The minimum absolute atomic E-state index is 0.0994. The lowest BCUT2D eigenvalue weighted by atomic mass is 9.82. The number of nitrogens with zero attached hydrogens (tertiary/aromatic N) is 3. The van der Waals surface area contributed by atoms with E-state index in [4.69, 9.17) is 14.2 Å². The van der Waals surface area contributed by atoms with Crippen LogP contribution >= 0.6 is 0 Å². The first-order valence-corrected chi connectivity index (χ1v) is 12.8. The van der Waals surface area contributed by atoms with Crippen LogP contribution in [0.1, 0.15) is 94.8 Å². The predicted octanol–water partition coefficient (Wildman–Crippen LogP) is 5.25. The molecule has 3 fully saturated rings. The summed E-state index contributed by atoms with van der Waals surface area (Å²) in [7, 11) is 0. The molecule has 3 saturated carbocycles. The van der Waals surface area contributed by atoms with E-state index in [9.17, 15) is 14.7 Å². The molecule has 8 nitrogen and oxygen atoms in total. The van der Waals surface area contributed by atoms with Gasteiger partial charge in [0.25, 0.3) is 0 Å². The van der Waals surface area contributed by atoms with Gasteiger partial charge in [-0.2, -0.15) is 4.98 Å². The van der Waals surface area contributed by atoms with Crippen molar-refractivity contribution in [1.82, 2.24) is 15.0 Å². The van der Waals surface area contributed by atoms with E-state index in [0.29, 0.717) is 37.0 Å². The van der Waals surface area contributed by atoms with Crippen molar-refractivity contribution >= 4 is 12.1 Å². The minimum atomic E-state index is -0.720. The molecule has 35 heavy (non-hydrogen) atoms. The topological polar surface area (TPSA) is 106 Å². The van der Waals surface area contributed by atoms with Gasteiger partial charge < -0.3 is 19.3 Å². The Labute approximate surface area is 206 Å². The number of carboxylic acids is 1. The minimum Gasteiger partial charge on any atom is -0.481 e. The summed E-state index contributed by atoms with van der Waals surface area (Å²) in [6.07, 6.45) is 5.20. The second-order valence-electron chi connectivity index (χ2n) is 11.6. The highest BCUT2D eigenvalue weighted by Crippen LogP contribution is 2.52. The quantitative estimate of drug-likeness (QED) is 0.575. The number of aliphatic carboxylic acids is 1. The molecule has 0 saturated heterocycles. The summed E-state index contributed by atoms with van der Waals surface area (Å²) in [6.45, 7) is 6.19. The number of amides is 1. The Morgan fingerprint density at radius 2 is 1.83 bits per heavy atom. The summed E-state index contributed by atoms with van der Waals surface area (Å²) in [4.78, 5) is 31.2. The Hall–Kier alpha value is -2.90. The first-order chi connectivity index (χ1) is 16.7. The molecule has 3 aliphatic rings. The summed E-state index contributed by atoms with van der Waals surface area (Å²) in [5, 5.41) is 13.6. The van der Waals surface area contributed by atoms with E-state index >= 15 is 0 Å². The fourth-order valence-electron chi connectivity index (χ4n) is 5.36. The molecule has 0 aliphatic heterocycles. The molecular weight excluding hydrogens is 446 g/mol. The summed E-state index contributed by atoms with van der Waals surface area (Å²) in [5.74, 6) is 0.690. The van der Waals surface area contributed by atoms with E-state index in [1.54, 1.807) is 0 Å². The second kappa shape index (κ2) is 8.95. The van der Waals surface area contributed by atoms with Crippen molar-refractivity contribution in [3.05, 3.63) is 47.6 Å².